The van der Waals surface area contributed by atoms with Crippen molar-refractivity contribution >= 4 is 40.5 Å². The lowest BCUT2D eigenvalue weighted by atomic mass is 9.77. The number of imide groups is 1. The lowest BCUT2D eigenvalue weighted by Gasteiger charge is -2.38. The predicted molar refractivity (Wildman–Crippen MR) is 138 cm³/mol. The zero-order chi connectivity index (χ0) is 24.2. The number of carbonyl (C=O) groups excluding carboxylic acids is 2. The number of ether oxygens (including phenoxy) is 1. The Kier molecular flexibility index (Phi) is 5.38. The second-order valence-electron chi connectivity index (χ2n) is 9.72. The highest BCUT2D eigenvalue weighted by atomic mass is 32.1. The highest BCUT2D eigenvalue weighted by Crippen LogP contribution is 2.52. The Bertz CT molecular complexity index is 1190. The van der Waals surface area contributed by atoms with Gasteiger partial charge in [-0.25, -0.2) is 4.90 Å². The van der Waals surface area contributed by atoms with Crippen LogP contribution < -0.4 is 15.1 Å². The number of aryl methyl sites for hydroxylation is 1. The lowest BCUT2D eigenvalue weighted by molar-refractivity contribution is -0.126. The molecule has 0 saturated carbocycles. The van der Waals surface area contributed by atoms with E-state index in [-0.39, 0.29) is 17.9 Å². The minimum Gasteiger partial charge on any atom is -0.368 e. The Morgan fingerprint density at radius 3 is 2.43 bits per heavy atom. The van der Waals surface area contributed by atoms with Crippen molar-refractivity contribution < 1.29 is 14.3 Å². The summed E-state index contributed by atoms with van der Waals surface area (Å²) in [5, 5.41) is 4.01. The van der Waals surface area contributed by atoms with Gasteiger partial charge < -0.3 is 19.9 Å². The van der Waals surface area contributed by atoms with Gasteiger partial charge in [-0.3, -0.25) is 9.59 Å². The van der Waals surface area contributed by atoms with E-state index in [1.807, 2.05) is 49.4 Å². The van der Waals surface area contributed by atoms with Crippen LogP contribution in [-0.2, 0) is 14.3 Å². The highest BCUT2D eigenvalue weighted by Gasteiger charge is 2.67. The van der Waals surface area contributed by atoms with Crippen molar-refractivity contribution in [2.24, 2.45) is 11.8 Å². The largest absolute Gasteiger partial charge is 0.368 e. The van der Waals surface area contributed by atoms with Crippen LogP contribution in [0, 0.1) is 18.8 Å². The lowest BCUT2D eigenvalue weighted by Crippen LogP contribution is -2.55. The van der Waals surface area contributed by atoms with E-state index in [2.05, 4.69) is 39.4 Å². The first-order valence-electron chi connectivity index (χ1n) is 12.1. The summed E-state index contributed by atoms with van der Waals surface area (Å²) in [5.74, 6) is -1.41. The van der Waals surface area contributed by atoms with Gasteiger partial charge in [0.1, 0.15) is 5.60 Å². The normalized spacial score (nSPS) is 29.2. The number of carbonyl (C=O) groups is 2. The smallest absolute Gasteiger partial charge is 0.241 e. The van der Waals surface area contributed by atoms with Gasteiger partial charge >= 0.3 is 0 Å². The minimum atomic E-state index is -0.864. The number of piperazine rings is 1. The molecule has 3 saturated heterocycles. The fourth-order valence-corrected chi connectivity index (χ4v) is 6.04. The molecule has 2 amide bonds. The number of fused-ring (bicyclic) bond motifs is 5. The van der Waals surface area contributed by atoms with E-state index in [0.29, 0.717) is 17.3 Å². The second-order valence-corrected chi connectivity index (χ2v) is 10.1. The van der Waals surface area contributed by atoms with Crippen LogP contribution in [0.2, 0.25) is 0 Å². The molecule has 35 heavy (non-hydrogen) atoms. The first-order valence-corrected chi connectivity index (χ1v) is 12.5. The van der Waals surface area contributed by atoms with Crippen LogP contribution in [0.25, 0.3) is 0 Å². The van der Waals surface area contributed by atoms with Crippen molar-refractivity contribution in [2.45, 2.75) is 18.6 Å². The maximum absolute atomic E-state index is 13.5. The quantitative estimate of drug-likeness (QED) is 0.403. The first-order chi connectivity index (χ1) is 17.0. The van der Waals surface area contributed by atoms with Crippen molar-refractivity contribution in [2.75, 3.05) is 42.5 Å². The number of rotatable bonds is 4. The molecule has 0 aromatic heterocycles. The molecular formula is C27H28N4O3S. The third-order valence-electron chi connectivity index (χ3n) is 7.65. The van der Waals surface area contributed by atoms with Crippen molar-refractivity contribution in [1.82, 2.24) is 10.2 Å². The Balaban J connectivity index is 1.12. The molecule has 0 unspecified atom stereocenters. The van der Waals surface area contributed by atoms with Crippen LogP contribution in [0.5, 0.6) is 0 Å². The van der Waals surface area contributed by atoms with E-state index in [1.54, 1.807) is 0 Å². The summed E-state index contributed by atoms with van der Waals surface area (Å²) in [5.41, 5.74) is 2.06. The number of hydrogen-bond acceptors (Lipinski definition) is 5. The van der Waals surface area contributed by atoms with Crippen LogP contribution in [0.4, 0.5) is 11.4 Å². The summed E-state index contributed by atoms with van der Waals surface area (Å²) < 4.78 is 6.26. The fourth-order valence-electron chi connectivity index (χ4n) is 5.79. The van der Waals surface area contributed by atoms with Crippen LogP contribution in [0.1, 0.15) is 5.56 Å². The number of thiocarbonyl (C=S) groups is 1. The number of benzene rings is 2. The molecular weight excluding hydrogens is 460 g/mol. The number of nitrogens with zero attached hydrogens (tertiary/aromatic N) is 3. The molecule has 4 aliphatic rings. The van der Waals surface area contributed by atoms with Crippen molar-refractivity contribution in [1.29, 1.82) is 0 Å². The highest BCUT2D eigenvalue weighted by molar-refractivity contribution is 7.80. The number of anilines is 2. The molecule has 4 aliphatic heterocycles. The van der Waals surface area contributed by atoms with Crippen LogP contribution in [0.3, 0.4) is 0 Å². The van der Waals surface area contributed by atoms with Gasteiger partial charge in [0.25, 0.3) is 0 Å². The van der Waals surface area contributed by atoms with Gasteiger partial charge in [-0.1, -0.05) is 48.0 Å². The van der Waals surface area contributed by atoms with Gasteiger partial charge in [0.15, 0.2) is 5.11 Å². The molecule has 0 spiro atoms. The topological polar surface area (TPSA) is 65.1 Å². The molecule has 2 aromatic carbocycles. The van der Waals surface area contributed by atoms with Gasteiger partial charge in [0.05, 0.1) is 30.2 Å². The predicted octanol–water partition coefficient (Wildman–Crippen LogP) is 2.50. The Morgan fingerprint density at radius 1 is 1.00 bits per heavy atom. The molecule has 180 valence electrons. The third-order valence-corrected chi connectivity index (χ3v) is 8.05. The number of amides is 2. The maximum atomic E-state index is 13.5. The van der Waals surface area contributed by atoms with Crippen molar-refractivity contribution in [3.8, 4) is 0 Å². The van der Waals surface area contributed by atoms with Crippen LogP contribution in [-0.4, -0.2) is 66.3 Å². The fraction of sp³-hybridized carbons (Fsp3) is 0.370. The summed E-state index contributed by atoms with van der Waals surface area (Å²) in [6, 6.07) is 17.9. The number of nitrogens with one attached hydrogen (secondary N) is 1. The zero-order valence-electron chi connectivity index (χ0n) is 19.6. The Hall–Kier alpha value is -3.23. The van der Waals surface area contributed by atoms with Crippen molar-refractivity contribution in [3.05, 3.63) is 72.3 Å². The molecule has 7 nitrogen and oxygen atoms in total. The van der Waals surface area contributed by atoms with Gasteiger partial charge in [-0.15, -0.1) is 0 Å². The molecule has 3 fully saturated rings. The van der Waals surface area contributed by atoms with Gasteiger partial charge in [0, 0.05) is 31.9 Å². The molecule has 2 aromatic rings. The zero-order valence-corrected chi connectivity index (χ0v) is 20.4. The molecule has 8 heteroatoms. The average Bonchev–Trinajstić information content (AvgIpc) is 3.54. The van der Waals surface area contributed by atoms with Crippen LogP contribution in [0.15, 0.2) is 66.7 Å². The Morgan fingerprint density at radius 2 is 1.71 bits per heavy atom. The Labute approximate surface area is 210 Å². The molecule has 6 rings (SSSR count). The third kappa shape index (κ3) is 3.63. The van der Waals surface area contributed by atoms with E-state index in [1.165, 1.54) is 10.6 Å². The molecule has 0 radical (unpaired) electrons. The summed E-state index contributed by atoms with van der Waals surface area (Å²) in [7, 11) is 0. The summed E-state index contributed by atoms with van der Waals surface area (Å²) >= 11 is 5.71. The van der Waals surface area contributed by atoms with E-state index in [9.17, 15) is 9.59 Å². The van der Waals surface area contributed by atoms with Crippen LogP contribution >= 0.6 is 12.2 Å². The summed E-state index contributed by atoms with van der Waals surface area (Å²) in [6.45, 7) is 5.75. The SMILES string of the molecule is Cc1ccc(N2C(=O)[C@H]3[C@H]4C=C[C@@](CNC(=S)N5CCN(c6ccccc6)CC5)(O4)[C@H]3C2=O)cc1. The molecule has 0 aliphatic carbocycles. The average molecular weight is 489 g/mol. The summed E-state index contributed by atoms with van der Waals surface area (Å²) in [4.78, 5) is 32.6. The first kappa shape index (κ1) is 22.2. The van der Waals surface area contributed by atoms with Gasteiger partial charge in [0.2, 0.25) is 11.8 Å². The monoisotopic (exact) mass is 488 g/mol. The van der Waals surface area contributed by atoms with E-state index >= 15 is 0 Å². The standard InChI is InChI=1S/C27H28N4O3S/c1-18-7-9-20(10-8-18)31-24(32)22-21-11-12-27(34-21,23(22)25(31)33)17-28-26(35)30-15-13-29(14-16-30)19-5-3-2-4-6-19/h2-12,21-23H,13-17H2,1H3,(H,28,35)/t21-,22+,23-,27+/m1/s1. The van der Waals surface area contributed by atoms with E-state index in [4.69, 9.17) is 17.0 Å². The molecule has 1 N–H and O–H groups in total. The van der Waals surface area contributed by atoms with Gasteiger partial charge in [-0.2, -0.15) is 0 Å². The second kappa shape index (κ2) is 8.46. The minimum absolute atomic E-state index is 0.181. The van der Waals surface area contributed by atoms with Crippen molar-refractivity contribution in [3.63, 3.8) is 0 Å². The molecule has 4 atom stereocenters. The summed E-state index contributed by atoms with van der Waals surface area (Å²) in [6.07, 6.45) is 3.50. The van der Waals surface area contributed by atoms with E-state index in [0.717, 1.165) is 31.7 Å². The maximum Gasteiger partial charge on any atom is 0.241 e. The number of hydrogen-bond donors (Lipinski definition) is 1. The molecule has 2 bridgehead atoms. The van der Waals surface area contributed by atoms with Gasteiger partial charge in [-0.05, 0) is 43.4 Å². The number of para-hydroxylation sites is 1. The van der Waals surface area contributed by atoms with E-state index < -0.39 is 17.4 Å². The molecule has 4 heterocycles.